The molecular formula is C11H17N3O2. The number of aliphatic imine (C=N–C) groups is 2. The zero-order chi connectivity index (χ0) is 12.0. The Labute approximate surface area is 95.3 Å². The highest BCUT2D eigenvalue weighted by Crippen LogP contribution is 2.11. The van der Waals surface area contributed by atoms with Gasteiger partial charge in [0.15, 0.2) is 0 Å². The van der Waals surface area contributed by atoms with E-state index in [0.717, 1.165) is 0 Å². The summed E-state index contributed by atoms with van der Waals surface area (Å²) in [5.74, 6) is 0.440. The van der Waals surface area contributed by atoms with Gasteiger partial charge < -0.3 is 10.1 Å². The fourth-order valence-electron chi connectivity index (χ4n) is 1.32. The summed E-state index contributed by atoms with van der Waals surface area (Å²) in [6.45, 7) is 4.14. The SMILES string of the molecule is CCC(=O)NC1(C)/C=N\C/C=N\C(OC)=C\1. The monoisotopic (exact) mass is 223 g/mol. The van der Waals surface area contributed by atoms with Crippen molar-refractivity contribution in [3.05, 3.63) is 12.0 Å². The average molecular weight is 223 g/mol. The molecule has 1 aliphatic rings. The van der Waals surface area contributed by atoms with Gasteiger partial charge in [-0.15, -0.1) is 0 Å². The van der Waals surface area contributed by atoms with Crippen LogP contribution in [0.25, 0.3) is 0 Å². The molecule has 1 heterocycles. The van der Waals surface area contributed by atoms with Crippen molar-refractivity contribution in [3.63, 3.8) is 0 Å². The van der Waals surface area contributed by atoms with Gasteiger partial charge >= 0.3 is 0 Å². The number of hydrogen-bond donors (Lipinski definition) is 1. The van der Waals surface area contributed by atoms with Crippen molar-refractivity contribution in [2.24, 2.45) is 9.98 Å². The number of nitrogens with zero attached hydrogens (tertiary/aromatic N) is 2. The molecule has 16 heavy (non-hydrogen) atoms. The number of amides is 1. The van der Waals surface area contributed by atoms with Crippen LogP contribution in [0.1, 0.15) is 20.3 Å². The van der Waals surface area contributed by atoms with Gasteiger partial charge in [-0.3, -0.25) is 9.79 Å². The van der Waals surface area contributed by atoms with Gasteiger partial charge in [0.1, 0.15) is 0 Å². The van der Waals surface area contributed by atoms with Crippen molar-refractivity contribution in [2.75, 3.05) is 13.7 Å². The number of nitrogens with one attached hydrogen (secondary N) is 1. The first kappa shape index (κ1) is 12.4. The van der Waals surface area contributed by atoms with E-state index in [0.29, 0.717) is 18.8 Å². The van der Waals surface area contributed by atoms with Gasteiger partial charge in [-0.2, -0.15) is 0 Å². The average Bonchev–Trinajstić information content (AvgIpc) is 2.23. The maximum absolute atomic E-state index is 11.4. The fourth-order valence-corrected chi connectivity index (χ4v) is 1.32. The molecule has 0 bridgehead atoms. The summed E-state index contributed by atoms with van der Waals surface area (Å²) in [4.78, 5) is 19.6. The molecule has 88 valence electrons. The van der Waals surface area contributed by atoms with Gasteiger partial charge in [-0.1, -0.05) is 6.92 Å². The van der Waals surface area contributed by atoms with Gasteiger partial charge in [0.25, 0.3) is 0 Å². The Morgan fingerprint density at radius 2 is 2.44 bits per heavy atom. The Kier molecular flexibility index (Phi) is 4.22. The summed E-state index contributed by atoms with van der Waals surface area (Å²) in [7, 11) is 1.55. The molecule has 1 aliphatic heterocycles. The van der Waals surface area contributed by atoms with Crippen molar-refractivity contribution >= 4 is 18.3 Å². The zero-order valence-electron chi connectivity index (χ0n) is 9.86. The van der Waals surface area contributed by atoms with E-state index in [9.17, 15) is 4.79 Å². The molecule has 0 aliphatic carbocycles. The lowest BCUT2D eigenvalue weighted by Gasteiger charge is -2.23. The van der Waals surface area contributed by atoms with Crippen molar-refractivity contribution in [1.29, 1.82) is 0 Å². The van der Waals surface area contributed by atoms with Crippen LogP contribution in [-0.2, 0) is 9.53 Å². The maximum Gasteiger partial charge on any atom is 0.220 e. The topological polar surface area (TPSA) is 63.0 Å². The van der Waals surface area contributed by atoms with Crippen LogP contribution in [-0.4, -0.2) is 37.5 Å². The third-order valence-electron chi connectivity index (χ3n) is 2.13. The first-order chi connectivity index (χ1) is 7.59. The molecule has 5 heteroatoms. The Balaban J connectivity index is 2.93. The molecule has 1 unspecified atom stereocenters. The normalized spacial score (nSPS) is 31.6. The van der Waals surface area contributed by atoms with Crippen molar-refractivity contribution in [1.82, 2.24) is 5.32 Å². The third kappa shape index (κ3) is 3.49. The van der Waals surface area contributed by atoms with Crippen molar-refractivity contribution in [2.45, 2.75) is 25.8 Å². The lowest BCUT2D eigenvalue weighted by Crippen LogP contribution is -2.46. The van der Waals surface area contributed by atoms with Gasteiger partial charge in [-0.05, 0) is 6.92 Å². The van der Waals surface area contributed by atoms with Crippen LogP contribution in [0.5, 0.6) is 0 Å². The highest BCUT2D eigenvalue weighted by atomic mass is 16.5. The second-order valence-corrected chi connectivity index (χ2v) is 3.68. The minimum atomic E-state index is -0.643. The Hall–Kier alpha value is -1.65. The number of carbonyl (C=O) groups excluding carboxylic acids is 1. The third-order valence-corrected chi connectivity index (χ3v) is 2.13. The standard InChI is InChI=1S/C11H17N3O2/c1-4-9(15)14-11(2)7-10(16-3)13-6-5-12-8-11/h6-8H,4-5H2,1-3H3,(H,14,15)/b10-7-,12-8-,13-6-. The quantitative estimate of drug-likeness (QED) is 0.773. The minimum absolute atomic E-state index is 0.0368. The Morgan fingerprint density at radius 1 is 1.69 bits per heavy atom. The summed E-state index contributed by atoms with van der Waals surface area (Å²) in [6.07, 6.45) is 5.53. The largest absolute Gasteiger partial charge is 0.481 e. The minimum Gasteiger partial charge on any atom is -0.481 e. The number of ether oxygens (including phenoxy) is 1. The van der Waals surface area contributed by atoms with Gasteiger partial charge in [0, 0.05) is 24.9 Å². The second kappa shape index (κ2) is 5.44. The van der Waals surface area contributed by atoms with Crippen LogP contribution in [0.3, 0.4) is 0 Å². The highest BCUT2D eigenvalue weighted by Gasteiger charge is 2.23. The van der Waals surface area contributed by atoms with E-state index >= 15 is 0 Å². The van der Waals surface area contributed by atoms with E-state index in [1.165, 1.54) is 0 Å². The van der Waals surface area contributed by atoms with E-state index in [2.05, 4.69) is 15.3 Å². The maximum atomic E-state index is 11.4. The van der Waals surface area contributed by atoms with Gasteiger partial charge in [0.2, 0.25) is 11.8 Å². The molecule has 5 nitrogen and oxygen atoms in total. The van der Waals surface area contributed by atoms with Crippen LogP contribution in [0.4, 0.5) is 0 Å². The van der Waals surface area contributed by atoms with Crippen LogP contribution >= 0.6 is 0 Å². The molecule has 0 aromatic carbocycles. The number of carbonyl (C=O) groups is 1. The second-order valence-electron chi connectivity index (χ2n) is 3.68. The molecular weight excluding hydrogens is 206 g/mol. The molecule has 1 atom stereocenters. The van der Waals surface area contributed by atoms with Crippen LogP contribution in [0, 0.1) is 0 Å². The molecule has 1 rings (SSSR count). The lowest BCUT2D eigenvalue weighted by atomic mass is 10.0. The molecule has 1 N–H and O–H groups in total. The summed E-state index contributed by atoms with van der Waals surface area (Å²) in [6, 6.07) is 0. The van der Waals surface area contributed by atoms with Crippen LogP contribution < -0.4 is 5.32 Å². The Morgan fingerprint density at radius 3 is 3.06 bits per heavy atom. The van der Waals surface area contributed by atoms with Crippen LogP contribution in [0.15, 0.2) is 21.9 Å². The van der Waals surface area contributed by atoms with Crippen LogP contribution in [0.2, 0.25) is 0 Å². The molecule has 0 aromatic rings. The molecule has 0 aromatic heterocycles. The van der Waals surface area contributed by atoms with Crippen molar-refractivity contribution < 1.29 is 9.53 Å². The fraction of sp³-hybridized carbons (Fsp3) is 0.545. The van der Waals surface area contributed by atoms with Crippen molar-refractivity contribution in [3.8, 4) is 0 Å². The first-order valence-electron chi connectivity index (χ1n) is 5.21. The number of hydrogen-bond acceptors (Lipinski definition) is 4. The number of rotatable bonds is 3. The molecule has 1 amide bonds. The highest BCUT2D eigenvalue weighted by molar-refractivity contribution is 5.85. The summed E-state index contributed by atoms with van der Waals surface area (Å²) < 4.78 is 5.09. The Bertz CT molecular complexity index is 347. The molecule has 0 radical (unpaired) electrons. The van der Waals surface area contributed by atoms with Gasteiger partial charge in [0.05, 0.1) is 19.2 Å². The first-order valence-corrected chi connectivity index (χ1v) is 5.21. The molecule has 0 saturated carbocycles. The van der Waals surface area contributed by atoms with E-state index in [4.69, 9.17) is 4.74 Å². The lowest BCUT2D eigenvalue weighted by molar-refractivity contribution is -0.121. The zero-order valence-corrected chi connectivity index (χ0v) is 9.86. The predicted molar refractivity (Wildman–Crippen MR) is 63.8 cm³/mol. The summed E-state index contributed by atoms with van der Waals surface area (Å²) >= 11 is 0. The molecule has 0 spiro atoms. The smallest absolute Gasteiger partial charge is 0.220 e. The van der Waals surface area contributed by atoms with Gasteiger partial charge in [-0.25, -0.2) is 4.99 Å². The van der Waals surface area contributed by atoms with E-state index < -0.39 is 5.54 Å². The van der Waals surface area contributed by atoms with E-state index in [1.807, 2.05) is 6.92 Å². The number of methoxy groups -OCH3 is 1. The molecule has 0 saturated heterocycles. The predicted octanol–water partition coefficient (Wildman–Crippen LogP) is 0.914. The summed E-state index contributed by atoms with van der Waals surface area (Å²) in [5.41, 5.74) is -0.643. The summed E-state index contributed by atoms with van der Waals surface area (Å²) in [5, 5.41) is 2.86. The molecule has 0 fully saturated rings. The van der Waals surface area contributed by atoms with E-state index in [1.54, 1.807) is 32.5 Å². The van der Waals surface area contributed by atoms with E-state index in [-0.39, 0.29) is 5.91 Å².